The number of likely N-dealkylation sites (tertiary alicyclic amines) is 1. The van der Waals surface area contributed by atoms with Crippen molar-refractivity contribution < 1.29 is 23.6 Å². The maximum atomic E-state index is 13.0. The number of carbonyl (C=O) groups is 4. The number of halogens is 1. The minimum absolute atomic E-state index is 0.0224. The van der Waals surface area contributed by atoms with Crippen LogP contribution in [0, 0.1) is 12.7 Å². The predicted octanol–water partition coefficient (Wildman–Crippen LogP) is 2.93. The molecule has 1 fully saturated rings. The molecule has 4 rings (SSSR count). The number of rotatable bonds is 6. The molecule has 4 amide bonds. The fraction of sp³-hybridized carbons (Fsp3) is 0.360. The van der Waals surface area contributed by atoms with Crippen LogP contribution in [0.4, 0.5) is 4.39 Å². The molecule has 33 heavy (non-hydrogen) atoms. The van der Waals surface area contributed by atoms with Crippen LogP contribution in [-0.2, 0) is 4.79 Å². The first kappa shape index (κ1) is 22.6. The van der Waals surface area contributed by atoms with Gasteiger partial charge in [-0.1, -0.05) is 11.6 Å². The second kappa shape index (κ2) is 9.52. The molecule has 172 valence electrons. The fourth-order valence-electron chi connectivity index (χ4n) is 4.30. The second-order valence-electron chi connectivity index (χ2n) is 8.55. The maximum absolute atomic E-state index is 13.0. The van der Waals surface area contributed by atoms with Gasteiger partial charge in [-0.2, -0.15) is 0 Å². The van der Waals surface area contributed by atoms with Gasteiger partial charge in [-0.25, -0.2) is 4.39 Å². The summed E-state index contributed by atoms with van der Waals surface area (Å²) in [5.41, 5.74) is 2.17. The van der Waals surface area contributed by atoms with Crippen LogP contribution in [0.1, 0.15) is 62.3 Å². The number of fused-ring (bicyclic) bond motifs is 1. The van der Waals surface area contributed by atoms with Crippen molar-refractivity contribution in [2.75, 3.05) is 19.6 Å². The Morgan fingerprint density at radius 1 is 1.00 bits per heavy atom. The summed E-state index contributed by atoms with van der Waals surface area (Å²) in [7, 11) is 0. The summed E-state index contributed by atoms with van der Waals surface area (Å²) in [6.45, 7) is 3.14. The Bertz CT molecular complexity index is 1090. The van der Waals surface area contributed by atoms with Crippen molar-refractivity contribution in [3.05, 3.63) is 70.5 Å². The molecule has 0 spiro atoms. The molecule has 0 atom stereocenters. The minimum atomic E-state index is -0.392. The van der Waals surface area contributed by atoms with Crippen molar-refractivity contribution in [1.29, 1.82) is 0 Å². The lowest BCUT2D eigenvalue weighted by Crippen LogP contribution is -2.46. The summed E-state index contributed by atoms with van der Waals surface area (Å²) in [4.78, 5) is 52.9. The first-order valence-electron chi connectivity index (χ1n) is 11.1. The molecule has 0 aromatic heterocycles. The van der Waals surface area contributed by atoms with Crippen LogP contribution in [0.25, 0.3) is 0 Å². The van der Waals surface area contributed by atoms with Gasteiger partial charge in [0.05, 0.1) is 11.1 Å². The van der Waals surface area contributed by atoms with Crippen LogP contribution in [0.3, 0.4) is 0 Å². The van der Waals surface area contributed by atoms with Crippen molar-refractivity contribution >= 4 is 23.6 Å². The Kier molecular flexibility index (Phi) is 6.53. The SMILES string of the molecule is Cc1ccc2c(c1)C(=O)N(CCCC(=O)N1CCC(NC(=O)c3ccc(F)cc3)CC1)C2=O. The molecule has 7 nitrogen and oxygen atoms in total. The van der Waals surface area contributed by atoms with Crippen molar-refractivity contribution in [2.24, 2.45) is 0 Å². The molecule has 0 unspecified atom stereocenters. The zero-order valence-corrected chi connectivity index (χ0v) is 18.5. The summed E-state index contributed by atoms with van der Waals surface area (Å²) in [6.07, 6.45) is 1.93. The van der Waals surface area contributed by atoms with Gasteiger partial charge in [-0.15, -0.1) is 0 Å². The van der Waals surface area contributed by atoms with Gasteiger partial charge in [0, 0.05) is 37.7 Å². The van der Waals surface area contributed by atoms with Crippen LogP contribution in [-0.4, -0.2) is 59.1 Å². The average Bonchev–Trinajstić information content (AvgIpc) is 3.04. The lowest BCUT2D eigenvalue weighted by molar-refractivity contribution is -0.132. The molecular formula is C25H26FN3O4. The van der Waals surface area contributed by atoms with Gasteiger partial charge in [-0.05, 0) is 62.6 Å². The van der Waals surface area contributed by atoms with Gasteiger partial charge in [-0.3, -0.25) is 24.1 Å². The van der Waals surface area contributed by atoms with E-state index in [9.17, 15) is 23.6 Å². The Morgan fingerprint density at radius 3 is 2.36 bits per heavy atom. The van der Waals surface area contributed by atoms with Crippen LogP contribution in [0.15, 0.2) is 42.5 Å². The summed E-state index contributed by atoms with van der Waals surface area (Å²) in [5.74, 6) is -1.28. The zero-order chi connectivity index (χ0) is 23.5. The lowest BCUT2D eigenvalue weighted by Gasteiger charge is -2.32. The number of nitrogens with zero attached hydrogens (tertiary/aromatic N) is 2. The Morgan fingerprint density at radius 2 is 1.67 bits per heavy atom. The predicted molar refractivity (Wildman–Crippen MR) is 119 cm³/mol. The Balaban J connectivity index is 1.21. The van der Waals surface area contributed by atoms with Gasteiger partial charge in [0.2, 0.25) is 5.91 Å². The quantitative estimate of drug-likeness (QED) is 0.685. The number of hydrogen-bond acceptors (Lipinski definition) is 4. The lowest BCUT2D eigenvalue weighted by atomic mass is 10.0. The van der Waals surface area contributed by atoms with E-state index in [0.717, 1.165) is 5.56 Å². The number of piperidine rings is 1. The Labute approximate surface area is 191 Å². The molecule has 0 aliphatic carbocycles. The number of amides is 4. The average molecular weight is 451 g/mol. The molecule has 0 radical (unpaired) electrons. The maximum Gasteiger partial charge on any atom is 0.261 e. The number of hydrogen-bond donors (Lipinski definition) is 1. The van der Waals surface area contributed by atoms with E-state index in [2.05, 4.69) is 5.32 Å². The number of nitrogens with one attached hydrogen (secondary N) is 1. The van der Waals surface area contributed by atoms with Crippen LogP contribution >= 0.6 is 0 Å². The molecule has 2 aliphatic heterocycles. The van der Waals surface area contributed by atoms with E-state index < -0.39 is 5.82 Å². The monoisotopic (exact) mass is 451 g/mol. The highest BCUT2D eigenvalue weighted by Crippen LogP contribution is 2.24. The number of benzene rings is 2. The number of aryl methyl sites for hydroxylation is 1. The minimum Gasteiger partial charge on any atom is -0.349 e. The highest BCUT2D eigenvalue weighted by atomic mass is 19.1. The largest absolute Gasteiger partial charge is 0.349 e. The van der Waals surface area contributed by atoms with Crippen molar-refractivity contribution in [3.63, 3.8) is 0 Å². The van der Waals surface area contributed by atoms with Gasteiger partial charge >= 0.3 is 0 Å². The second-order valence-corrected chi connectivity index (χ2v) is 8.55. The third-order valence-electron chi connectivity index (χ3n) is 6.19. The van der Waals surface area contributed by atoms with E-state index in [-0.39, 0.29) is 42.6 Å². The van der Waals surface area contributed by atoms with Crippen molar-refractivity contribution in [1.82, 2.24) is 15.1 Å². The van der Waals surface area contributed by atoms with Gasteiger partial charge in [0.1, 0.15) is 5.82 Å². The molecule has 0 bridgehead atoms. The van der Waals surface area contributed by atoms with Crippen LogP contribution in [0.2, 0.25) is 0 Å². The first-order valence-corrected chi connectivity index (χ1v) is 11.1. The molecule has 0 saturated carbocycles. The normalized spacial score (nSPS) is 16.2. The van der Waals surface area contributed by atoms with Crippen LogP contribution in [0.5, 0.6) is 0 Å². The molecule has 8 heteroatoms. The number of carbonyl (C=O) groups excluding carboxylic acids is 4. The van der Waals surface area contributed by atoms with Gasteiger partial charge in [0.15, 0.2) is 0 Å². The topological polar surface area (TPSA) is 86.8 Å². The van der Waals surface area contributed by atoms with E-state index in [0.29, 0.717) is 49.0 Å². The number of imide groups is 1. The van der Waals surface area contributed by atoms with E-state index in [1.165, 1.54) is 29.2 Å². The molecule has 2 aliphatic rings. The summed E-state index contributed by atoms with van der Waals surface area (Å²) in [6, 6.07) is 10.5. The van der Waals surface area contributed by atoms with Crippen molar-refractivity contribution in [3.8, 4) is 0 Å². The molecule has 1 N–H and O–H groups in total. The molecule has 2 aromatic rings. The highest BCUT2D eigenvalue weighted by Gasteiger charge is 2.35. The van der Waals surface area contributed by atoms with Crippen LogP contribution < -0.4 is 5.32 Å². The molecule has 2 aromatic carbocycles. The highest BCUT2D eigenvalue weighted by molar-refractivity contribution is 6.21. The molecule has 2 heterocycles. The van der Waals surface area contributed by atoms with Gasteiger partial charge in [0.25, 0.3) is 17.7 Å². The van der Waals surface area contributed by atoms with E-state index in [1.54, 1.807) is 17.0 Å². The zero-order valence-electron chi connectivity index (χ0n) is 18.5. The fourth-order valence-corrected chi connectivity index (χ4v) is 4.30. The summed E-state index contributed by atoms with van der Waals surface area (Å²) < 4.78 is 13.0. The Hall–Kier alpha value is -3.55. The van der Waals surface area contributed by atoms with E-state index in [4.69, 9.17) is 0 Å². The van der Waals surface area contributed by atoms with E-state index in [1.807, 2.05) is 13.0 Å². The van der Waals surface area contributed by atoms with Crippen molar-refractivity contribution in [2.45, 2.75) is 38.6 Å². The standard InChI is InChI=1S/C25H26FN3O4/c1-16-4-9-20-21(15-16)25(33)29(24(20)32)12-2-3-22(30)28-13-10-19(11-14-28)27-23(31)17-5-7-18(26)8-6-17/h4-9,15,19H,2-3,10-14H2,1H3,(H,27,31). The van der Waals surface area contributed by atoms with E-state index >= 15 is 0 Å². The van der Waals surface area contributed by atoms with Gasteiger partial charge < -0.3 is 10.2 Å². The third kappa shape index (κ3) is 4.94. The smallest absolute Gasteiger partial charge is 0.261 e. The third-order valence-corrected chi connectivity index (χ3v) is 6.19. The summed E-state index contributed by atoms with van der Waals surface area (Å²) >= 11 is 0. The molecule has 1 saturated heterocycles. The molecular weight excluding hydrogens is 425 g/mol. The summed E-state index contributed by atoms with van der Waals surface area (Å²) in [5, 5.41) is 2.94. The first-order chi connectivity index (χ1) is 15.8.